The van der Waals surface area contributed by atoms with Crippen LogP contribution in [-0.2, 0) is 0 Å². The number of H-pyrrole nitrogens is 1. The Morgan fingerprint density at radius 2 is 1.90 bits per heavy atom. The molecule has 0 bridgehead atoms. The standard InChI is InChI=1S/C34H34ClN3O3/c1-34(2)13-9-26(30(19-34)23-3-6-27(35)7-4-23)21-38-15-11-22(12-16-38)24-5-8-29(33(39)40)31(18-24)41-28-17-25-10-14-36-32(25)37-20-28/h3-8,10-11,14,17-18,20H,9,12-13,15-16,19,21H2,1-2H3,(H,36,37)(H,39,40). The van der Waals surface area contributed by atoms with Gasteiger partial charge in [-0.25, -0.2) is 9.78 Å². The van der Waals surface area contributed by atoms with Crippen LogP contribution in [0.25, 0.3) is 22.2 Å². The number of carbonyl (C=O) groups is 1. The molecule has 6 nitrogen and oxygen atoms in total. The number of carboxylic acid groups (broad SMARTS) is 1. The average molecular weight is 568 g/mol. The second-order valence-electron chi connectivity index (χ2n) is 11.8. The molecule has 0 saturated heterocycles. The van der Waals surface area contributed by atoms with Gasteiger partial charge in [-0.3, -0.25) is 4.90 Å². The van der Waals surface area contributed by atoms with Crippen LogP contribution >= 0.6 is 11.6 Å². The summed E-state index contributed by atoms with van der Waals surface area (Å²) in [6.07, 6.45) is 9.95. The second kappa shape index (κ2) is 11.2. The van der Waals surface area contributed by atoms with E-state index in [1.165, 1.54) is 28.7 Å². The van der Waals surface area contributed by atoms with Gasteiger partial charge in [0.05, 0.1) is 6.20 Å². The molecule has 210 valence electrons. The highest BCUT2D eigenvalue weighted by Gasteiger charge is 2.29. The summed E-state index contributed by atoms with van der Waals surface area (Å²) in [5, 5.41) is 11.5. The van der Waals surface area contributed by atoms with E-state index < -0.39 is 5.97 Å². The lowest BCUT2D eigenvalue weighted by Gasteiger charge is -2.36. The van der Waals surface area contributed by atoms with Crippen LogP contribution in [0.4, 0.5) is 0 Å². The molecule has 2 N–H and O–H groups in total. The number of pyridine rings is 1. The van der Waals surface area contributed by atoms with E-state index in [0.717, 1.165) is 60.5 Å². The van der Waals surface area contributed by atoms with Crippen molar-refractivity contribution in [2.24, 2.45) is 5.41 Å². The first kappa shape index (κ1) is 27.3. The van der Waals surface area contributed by atoms with Gasteiger partial charge in [0.25, 0.3) is 0 Å². The van der Waals surface area contributed by atoms with Gasteiger partial charge in [0.15, 0.2) is 0 Å². The minimum absolute atomic E-state index is 0.128. The van der Waals surface area contributed by atoms with E-state index in [0.29, 0.717) is 16.9 Å². The summed E-state index contributed by atoms with van der Waals surface area (Å²) in [4.78, 5) is 21.9. The fourth-order valence-corrected chi connectivity index (χ4v) is 6.06. The van der Waals surface area contributed by atoms with Gasteiger partial charge in [-0.1, -0.05) is 55.3 Å². The molecule has 7 heteroatoms. The molecular weight excluding hydrogens is 534 g/mol. The molecule has 2 aromatic carbocycles. The largest absolute Gasteiger partial charge is 0.478 e. The summed E-state index contributed by atoms with van der Waals surface area (Å²) in [6, 6.07) is 17.4. The molecule has 2 aromatic heterocycles. The van der Waals surface area contributed by atoms with E-state index in [4.69, 9.17) is 16.3 Å². The first-order valence-corrected chi connectivity index (χ1v) is 14.5. The second-order valence-corrected chi connectivity index (χ2v) is 12.3. The summed E-state index contributed by atoms with van der Waals surface area (Å²) in [6.45, 7) is 7.47. The predicted octanol–water partition coefficient (Wildman–Crippen LogP) is 8.46. The maximum atomic E-state index is 12.0. The molecule has 41 heavy (non-hydrogen) atoms. The molecule has 3 heterocycles. The van der Waals surface area contributed by atoms with Gasteiger partial charge in [-0.2, -0.15) is 0 Å². The summed E-state index contributed by atoms with van der Waals surface area (Å²) >= 11 is 6.18. The van der Waals surface area contributed by atoms with E-state index in [1.54, 1.807) is 12.3 Å². The molecule has 6 rings (SSSR count). The van der Waals surface area contributed by atoms with Crippen LogP contribution in [0.3, 0.4) is 0 Å². The van der Waals surface area contributed by atoms with Gasteiger partial charge in [0, 0.05) is 36.2 Å². The van der Waals surface area contributed by atoms with E-state index >= 15 is 0 Å². The molecule has 0 radical (unpaired) electrons. The van der Waals surface area contributed by atoms with Gasteiger partial charge in [-0.05, 0) is 89.8 Å². The Bertz CT molecular complexity index is 1670. The van der Waals surface area contributed by atoms with Crippen molar-refractivity contribution in [3.05, 3.63) is 100 Å². The van der Waals surface area contributed by atoms with Crippen LogP contribution in [0.2, 0.25) is 5.02 Å². The Morgan fingerprint density at radius 1 is 1.10 bits per heavy atom. The van der Waals surface area contributed by atoms with Crippen molar-refractivity contribution in [2.45, 2.75) is 39.5 Å². The summed E-state index contributed by atoms with van der Waals surface area (Å²) in [5.74, 6) is -0.204. The fraction of sp³-hybridized carbons (Fsp3) is 0.294. The molecule has 0 saturated carbocycles. The van der Waals surface area contributed by atoms with Crippen LogP contribution in [0.5, 0.6) is 11.5 Å². The molecule has 0 unspecified atom stereocenters. The quantitative estimate of drug-likeness (QED) is 0.234. The lowest BCUT2D eigenvalue weighted by atomic mass is 9.72. The maximum Gasteiger partial charge on any atom is 0.339 e. The number of allylic oxidation sites excluding steroid dienone is 1. The monoisotopic (exact) mass is 567 g/mol. The zero-order valence-corrected chi connectivity index (χ0v) is 24.2. The zero-order valence-electron chi connectivity index (χ0n) is 23.4. The Hall–Kier alpha value is -3.87. The van der Waals surface area contributed by atoms with Gasteiger partial charge in [0.2, 0.25) is 0 Å². The van der Waals surface area contributed by atoms with Crippen molar-refractivity contribution >= 4 is 39.7 Å². The normalized spacial score (nSPS) is 17.5. The molecular formula is C34H34ClN3O3. The predicted molar refractivity (Wildman–Crippen MR) is 165 cm³/mol. The number of fused-ring (bicyclic) bond motifs is 1. The summed E-state index contributed by atoms with van der Waals surface area (Å²) < 4.78 is 6.07. The number of halogens is 1. The van der Waals surface area contributed by atoms with Crippen molar-refractivity contribution in [1.82, 2.24) is 14.9 Å². The molecule has 1 aliphatic heterocycles. The molecule has 4 aromatic rings. The highest BCUT2D eigenvalue weighted by Crippen LogP contribution is 2.43. The van der Waals surface area contributed by atoms with Crippen LogP contribution in [0.1, 0.15) is 61.0 Å². The number of rotatable bonds is 7. The van der Waals surface area contributed by atoms with E-state index in [1.807, 2.05) is 42.6 Å². The molecule has 2 aliphatic rings. The SMILES string of the molecule is CC1(C)CCC(CN2CC=C(c3ccc(C(=O)O)c(Oc4cnc5[nH]ccc5c4)c3)CC2)=C(c2ccc(Cl)cc2)C1. The lowest BCUT2D eigenvalue weighted by molar-refractivity contribution is 0.0694. The highest BCUT2D eigenvalue weighted by molar-refractivity contribution is 6.30. The third kappa shape index (κ3) is 6.09. The minimum atomic E-state index is -1.02. The third-order valence-electron chi connectivity index (χ3n) is 8.27. The Balaban J connectivity index is 1.21. The number of aromatic amines is 1. The fourth-order valence-electron chi connectivity index (χ4n) is 5.94. The van der Waals surface area contributed by atoms with Crippen LogP contribution in [-0.4, -0.2) is 45.6 Å². The topological polar surface area (TPSA) is 78.5 Å². The van der Waals surface area contributed by atoms with Gasteiger partial charge >= 0.3 is 5.97 Å². The number of ether oxygens (including phenoxy) is 1. The number of nitrogens with zero attached hydrogens (tertiary/aromatic N) is 2. The smallest absolute Gasteiger partial charge is 0.339 e. The van der Waals surface area contributed by atoms with Crippen molar-refractivity contribution in [2.75, 3.05) is 19.6 Å². The van der Waals surface area contributed by atoms with Crippen molar-refractivity contribution in [1.29, 1.82) is 0 Å². The van der Waals surface area contributed by atoms with Crippen LogP contribution in [0, 0.1) is 5.41 Å². The summed E-state index contributed by atoms with van der Waals surface area (Å²) in [5.41, 5.74) is 7.64. The number of benzene rings is 2. The minimum Gasteiger partial charge on any atom is -0.478 e. The van der Waals surface area contributed by atoms with Crippen LogP contribution < -0.4 is 4.74 Å². The van der Waals surface area contributed by atoms with E-state index in [-0.39, 0.29) is 5.56 Å². The average Bonchev–Trinajstić information content (AvgIpc) is 3.43. The van der Waals surface area contributed by atoms with Gasteiger partial charge in [-0.15, -0.1) is 0 Å². The summed E-state index contributed by atoms with van der Waals surface area (Å²) in [7, 11) is 0. The third-order valence-corrected chi connectivity index (χ3v) is 8.52. The highest BCUT2D eigenvalue weighted by atomic mass is 35.5. The van der Waals surface area contributed by atoms with E-state index in [9.17, 15) is 9.90 Å². The van der Waals surface area contributed by atoms with Crippen LogP contribution in [0.15, 0.2) is 78.6 Å². The van der Waals surface area contributed by atoms with Crippen molar-refractivity contribution in [3.63, 3.8) is 0 Å². The first-order valence-electron chi connectivity index (χ1n) is 14.1. The number of hydrogen-bond acceptors (Lipinski definition) is 4. The maximum absolute atomic E-state index is 12.0. The number of hydrogen-bond donors (Lipinski definition) is 2. The number of aromatic nitrogens is 2. The van der Waals surface area contributed by atoms with Gasteiger partial charge < -0.3 is 14.8 Å². The Labute approximate surface area is 245 Å². The molecule has 0 fully saturated rings. The molecule has 0 amide bonds. The van der Waals surface area contributed by atoms with Gasteiger partial charge in [0.1, 0.15) is 22.7 Å². The molecule has 1 aliphatic carbocycles. The number of carboxylic acids is 1. The Kier molecular flexibility index (Phi) is 7.45. The molecule has 0 atom stereocenters. The number of aromatic carboxylic acids is 1. The first-order chi connectivity index (χ1) is 19.7. The van der Waals surface area contributed by atoms with Crippen molar-refractivity contribution < 1.29 is 14.6 Å². The Morgan fingerprint density at radius 3 is 2.66 bits per heavy atom. The zero-order chi connectivity index (χ0) is 28.6. The van der Waals surface area contributed by atoms with Crippen molar-refractivity contribution in [3.8, 4) is 11.5 Å². The van der Waals surface area contributed by atoms with E-state index in [2.05, 4.69) is 46.9 Å². The number of nitrogens with one attached hydrogen (secondary N) is 1. The lowest BCUT2D eigenvalue weighted by Crippen LogP contribution is -2.32. The molecule has 0 spiro atoms.